The monoisotopic (exact) mass is 860 g/mol. The Balaban J connectivity index is 0.784. The highest BCUT2D eigenvalue weighted by Gasteiger charge is 2.45. The molecule has 6 amide bonds. The molecule has 64 heavy (non-hydrogen) atoms. The molecule has 5 heterocycles. The zero-order valence-corrected chi connectivity index (χ0v) is 35.6. The summed E-state index contributed by atoms with van der Waals surface area (Å²) < 4.78 is 0. The number of piperidine rings is 1. The maximum Gasteiger partial charge on any atom is 0.322 e. The molecule has 2 unspecified atom stereocenters. The predicted molar refractivity (Wildman–Crippen MR) is 244 cm³/mol. The highest BCUT2D eigenvalue weighted by Crippen LogP contribution is 2.36. The van der Waals surface area contributed by atoms with E-state index in [9.17, 15) is 24.0 Å². The number of carbonyl (C=O) groups is 5. The molecule has 1 saturated carbocycles. The van der Waals surface area contributed by atoms with Crippen LogP contribution in [0.2, 0.25) is 0 Å². The fraction of sp³-hybridized carbons (Fsp3) is 0.367. The van der Waals surface area contributed by atoms with Crippen LogP contribution in [0.4, 0.5) is 27.8 Å². The summed E-state index contributed by atoms with van der Waals surface area (Å²) in [7, 11) is 0. The number of hydrogen-bond acceptors (Lipinski definition) is 11. The van der Waals surface area contributed by atoms with E-state index in [-0.39, 0.29) is 42.6 Å². The van der Waals surface area contributed by atoms with Crippen molar-refractivity contribution in [2.24, 2.45) is 5.92 Å². The Kier molecular flexibility index (Phi) is 11.4. The summed E-state index contributed by atoms with van der Waals surface area (Å²) in [6.45, 7) is 4.69. The lowest BCUT2D eigenvalue weighted by molar-refractivity contribution is -0.136. The van der Waals surface area contributed by atoms with Gasteiger partial charge in [0, 0.05) is 92.5 Å². The van der Waals surface area contributed by atoms with Gasteiger partial charge in [-0.15, -0.1) is 0 Å². The van der Waals surface area contributed by atoms with E-state index in [4.69, 9.17) is 4.98 Å². The molecule has 15 heteroatoms. The minimum Gasteiger partial charge on any atom is -0.371 e. The van der Waals surface area contributed by atoms with Crippen molar-refractivity contribution in [2.45, 2.75) is 75.7 Å². The average Bonchev–Trinajstić information content (AvgIpc) is 3.55. The number of aromatic nitrogens is 2. The third-order valence-electron chi connectivity index (χ3n) is 13.6. The number of amides is 6. The molecule has 5 aromatic rings. The molecular weight excluding hydrogens is 809 g/mol. The molecule has 10 rings (SSSR count). The number of fused-ring (bicyclic) bond motifs is 2. The number of para-hydroxylation sites is 1. The van der Waals surface area contributed by atoms with Gasteiger partial charge in [0.2, 0.25) is 17.8 Å². The minimum absolute atomic E-state index is 0.0271. The third-order valence-corrected chi connectivity index (χ3v) is 13.6. The lowest BCUT2D eigenvalue weighted by atomic mass is 9.89. The molecule has 4 aromatic carbocycles. The van der Waals surface area contributed by atoms with E-state index in [0.717, 1.165) is 103 Å². The second-order valence-corrected chi connectivity index (χ2v) is 17.7. The third kappa shape index (κ3) is 8.34. The first-order valence-corrected chi connectivity index (χ1v) is 22.5. The second kappa shape index (κ2) is 17.7. The largest absolute Gasteiger partial charge is 0.371 e. The number of piperazine rings is 1. The van der Waals surface area contributed by atoms with Crippen LogP contribution in [0.1, 0.15) is 71.2 Å². The van der Waals surface area contributed by atoms with Gasteiger partial charge in [-0.05, 0) is 98.5 Å². The van der Waals surface area contributed by atoms with Gasteiger partial charge in [-0.3, -0.25) is 34.3 Å². The Morgan fingerprint density at radius 3 is 2.36 bits per heavy atom. The number of urea groups is 1. The number of anilines is 4. The van der Waals surface area contributed by atoms with Gasteiger partial charge in [0.05, 0.1) is 16.6 Å². The Hall–Kier alpha value is -6.87. The van der Waals surface area contributed by atoms with Crippen LogP contribution in [0.5, 0.6) is 0 Å². The van der Waals surface area contributed by atoms with Crippen LogP contribution in [0.3, 0.4) is 0 Å². The number of nitrogens with one attached hydrogen (secondary N) is 4. The van der Waals surface area contributed by atoms with Crippen LogP contribution in [0.25, 0.3) is 10.9 Å². The Morgan fingerprint density at radius 2 is 1.56 bits per heavy atom. The lowest BCUT2D eigenvalue weighted by Gasteiger charge is -2.46. The van der Waals surface area contributed by atoms with Crippen molar-refractivity contribution in [3.63, 3.8) is 0 Å². The molecule has 3 saturated heterocycles. The summed E-state index contributed by atoms with van der Waals surface area (Å²) in [6, 6.07) is 31.2. The molecule has 1 aliphatic carbocycles. The molecular formula is C49H52N10O5. The molecule has 328 valence electrons. The van der Waals surface area contributed by atoms with Crippen LogP contribution in [-0.4, -0.2) is 101 Å². The Morgan fingerprint density at radius 1 is 0.812 bits per heavy atom. The molecule has 0 spiro atoms. The smallest absolute Gasteiger partial charge is 0.322 e. The van der Waals surface area contributed by atoms with E-state index < -0.39 is 29.7 Å². The van der Waals surface area contributed by atoms with E-state index in [1.54, 1.807) is 12.1 Å². The molecule has 0 bridgehead atoms. The summed E-state index contributed by atoms with van der Waals surface area (Å²) in [5.74, 6) is -0.936. The standard InChI is InChI=1S/C49H52N10O5/c60-44-21-20-43(45(61)55-44)59-46(62)40-19-18-38(25-41(40)47(59)63)56-29-32(30-56)24-39-28-50-22-23-57(39)35-14-16-37(17-15-35)58(49(64)52-26-31-6-2-1-3-7-31)36-12-10-34(11-13-36)53-48-51-27-33-8-4-5-9-42(33)54-48/h1-9,14-19,25,27,32,34,36,39,43,50H,10-13,20-24,26,28-30H2,(H,52,64)(H,51,53,54)(H,55,60,61). The molecule has 4 aliphatic heterocycles. The van der Waals surface area contributed by atoms with Crippen molar-refractivity contribution < 1.29 is 24.0 Å². The molecule has 4 fully saturated rings. The van der Waals surface area contributed by atoms with Gasteiger partial charge in [-0.2, -0.15) is 0 Å². The van der Waals surface area contributed by atoms with Crippen molar-refractivity contribution in [1.82, 2.24) is 30.8 Å². The number of nitrogens with zero attached hydrogens (tertiary/aromatic N) is 6. The van der Waals surface area contributed by atoms with E-state index in [2.05, 4.69) is 60.3 Å². The Bertz CT molecular complexity index is 2580. The zero-order valence-electron chi connectivity index (χ0n) is 35.6. The summed E-state index contributed by atoms with van der Waals surface area (Å²) in [6.07, 6.45) is 6.50. The van der Waals surface area contributed by atoms with E-state index in [1.807, 2.05) is 71.8 Å². The highest BCUT2D eigenvalue weighted by atomic mass is 16.2. The zero-order chi connectivity index (χ0) is 43.7. The summed E-state index contributed by atoms with van der Waals surface area (Å²) in [5.41, 5.74) is 5.42. The quantitative estimate of drug-likeness (QED) is 0.124. The number of benzene rings is 4. The highest BCUT2D eigenvalue weighted by molar-refractivity contribution is 6.23. The molecule has 1 aromatic heterocycles. The summed E-state index contributed by atoms with van der Waals surface area (Å²) in [5, 5.41) is 13.6. The Labute approximate surface area is 371 Å². The molecule has 2 atom stereocenters. The molecule has 0 radical (unpaired) electrons. The van der Waals surface area contributed by atoms with E-state index in [1.165, 1.54) is 0 Å². The van der Waals surface area contributed by atoms with Gasteiger partial charge in [-0.25, -0.2) is 14.8 Å². The molecule has 4 N–H and O–H groups in total. The van der Waals surface area contributed by atoms with Gasteiger partial charge < -0.3 is 25.8 Å². The van der Waals surface area contributed by atoms with Gasteiger partial charge in [-0.1, -0.05) is 48.5 Å². The van der Waals surface area contributed by atoms with Crippen molar-refractivity contribution in [1.29, 1.82) is 0 Å². The number of imide groups is 2. The molecule has 15 nitrogen and oxygen atoms in total. The van der Waals surface area contributed by atoms with Crippen LogP contribution in [0.15, 0.2) is 103 Å². The second-order valence-electron chi connectivity index (χ2n) is 17.7. The SMILES string of the molecule is O=C1CCC(N2C(=O)c3ccc(N4CC(CC5CNCCN5c5ccc(N(C(=O)NCc6ccccc6)C6CCC(Nc7ncc8ccccc8n7)CC6)cc5)C4)cc3C2=O)C(=O)N1. The summed E-state index contributed by atoms with van der Waals surface area (Å²) >= 11 is 0. The maximum absolute atomic E-state index is 14.1. The van der Waals surface area contributed by atoms with Crippen LogP contribution in [-0.2, 0) is 16.1 Å². The van der Waals surface area contributed by atoms with Crippen LogP contribution < -0.4 is 36.0 Å². The number of hydrogen-bond donors (Lipinski definition) is 4. The molecule has 5 aliphatic rings. The van der Waals surface area contributed by atoms with E-state index in [0.29, 0.717) is 24.0 Å². The van der Waals surface area contributed by atoms with Gasteiger partial charge in [0.15, 0.2) is 0 Å². The average molecular weight is 861 g/mol. The normalized spacial score (nSPS) is 22.5. The van der Waals surface area contributed by atoms with Crippen LogP contribution >= 0.6 is 0 Å². The maximum atomic E-state index is 14.1. The fourth-order valence-electron chi connectivity index (χ4n) is 10.1. The van der Waals surface area contributed by atoms with Crippen molar-refractivity contribution in [3.8, 4) is 0 Å². The van der Waals surface area contributed by atoms with Gasteiger partial charge in [0.1, 0.15) is 6.04 Å². The first kappa shape index (κ1) is 41.2. The number of rotatable bonds is 11. The van der Waals surface area contributed by atoms with E-state index >= 15 is 0 Å². The topological polar surface area (TPSA) is 172 Å². The minimum atomic E-state index is -0.986. The predicted octanol–water partition coefficient (Wildman–Crippen LogP) is 5.48. The first-order chi connectivity index (χ1) is 31.3. The first-order valence-electron chi connectivity index (χ1n) is 22.5. The fourth-order valence-corrected chi connectivity index (χ4v) is 10.1. The van der Waals surface area contributed by atoms with Crippen molar-refractivity contribution in [2.75, 3.05) is 52.7 Å². The van der Waals surface area contributed by atoms with Crippen LogP contribution in [0, 0.1) is 5.92 Å². The van der Waals surface area contributed by atoms with Crippen molar-refractivity contribution >= 4 is 63.6 Å². The summed E-state index contributed by atoms with van der Waals surface area (Å²) in [4.78, 5) is 82.0. The van der Waals surface area contributed by atoms with Gasteiger partial charge >= 0.3 is 6.03 Å². The lowest BCUT2D eigenvalue weighted by Crippen LogP contribution is -2.56. The number of carbonyl (C=O) groups excluding carboxylic acids is 5. The van der Waals surface area contributed by atoms with Crippen molar-refractivity contribution in [3.05, 3.63) is 120 Å². The van der Waals surface area contributed by atoms with Gasteiger partial charge in [0.25, 0.3) is 11.8 Å².